The van der Waals surface area contributed by atoms with Crippen molar-refractivity contribution in [1.29, 1.82) is 0 Å². The van der Waals surface area contributed by atoms with Crippen LogP contribution in [0.15, 0.2) is 36.4 Å². The molecule has 4 rings (SSSR count). The Labute approximate surface area is 137 Å². The maximum atomic E-state index is 12.7. The zero-order chi connectivity index (χ0) is 17.1. The Kier molecular flexibility index (Phi) is 4.76. The average molecular weight is 334 g/mol. The molecule has 0 aromatic heterocycles. The van der Waals surface area contributed by atoms with E-state index in [0.717, 1.165) is 0 Å². The lowest BCUT2D eigenvalue weighted by atomic mass is 10.0. The first kappa shape index (κ1) is 16.4. The fraction of sp³-hybridized carbons (Fsp3) is 0.278. The highest BCUT2D eigenvalue weighted by Crippen LogP contribution is 2.32. The van der Waals surface area contributed by atoms with Crippen LogP contribution in [0.1, 0.15) is 34.9 Å². The maximum absolute atomic E-state index is 12.7. The molecule has 2 aromatic carbocycles. The monoisotopic (exact) mass is 334 g/mol. The van der Waals surface area contributed by atoms with E-state index in [2.05, 4.69) is 0 Å². The molecule has 0 saturated carbocycles. The lowest BCUT2D eigenvalue weighted by Gasteiger charge is -2.21. The molecule has 2 heterocycles. The van der Waals surface area contributed by atoms with Crippen molar-refractivity contribution in [2.75, 3.05) is 13.2 Å². The molecule has 0 fully saturated rings. The van der Waals surface area contributed by atoms with Crippen molar-refractivity contribution in [3.8, 4) is 11.5 Å². The van der Waals surface area contributed by atoms with Gasteiger partial charge >= 0.3 is 0 Å². The van der Waals surface area contributed by atoms with Crippen LogP contribution in [0.5, 0.6) is 11.5 Å². The van der Waals surface area contributed by atoms with Gasteiger partial charge in [-0.1, -0.05) is 0 Å². The molecule has 1 N–H and O–H groups in total. The summed E-state index contributed by atoms with van der Waals surface area (Å²) in [6, 6.07) is 8.19. The van der Waals surface area contributed by atoms with Gasteiger partial charge in [-0.05, 0) is 36.4 Å². The Morgan fingerprint density at radius 1 is 0.958 bits per heavy atom. The van der Waals surface area contributed by atoms with Crippen LogP contribution in [0.4, 0.5) is 8.78 Å². The van der Waals surface area contributed by atoms with Crippen LogP contribution in [0.2, 0.25) is 0 Å². The van der Waals surface area contributed by atoms with Crippen LogP contribution >= 0.6 is 0 Å². The quantitative estimate of drug-likeness (QED) is 0.802. The number of aliphatic hydroxyl groups is 1. The Morgan fingerprint density at radius 3 is 2.42 bits per heavy atom. The normalized spacial score (nSPS) is 18.3. The van der Waals surface area contributed by atoms with Crippen LogP contribution in [0.25, 0.3) is 0 Å². The topological polar surface area (TPSA) is 55.8 Å². The summed E-state index contributed by atoms with van der Waals surface area (Å²) < 4.78 is 35.7. The molecule has 2 aliphatic rings. The second kappa shape index (κ2) is 6.97. The molecule has 0 bridgehead atoms. The zero-order valence-corrected chi connectivity index (χ0v) is 12.8. The van der Waals surface area contributed by atoms with Crippen LogP contribution in [0, 0.1) is 11.6 Å². The van der Waals surface area contributed by atoms with E-state index in [1.165, 1.54) is 30.3 Å². The van der Waals surface area contributed by atoms with Crippen molar-refractivity contribution in [1.82, 2.24) is 0 Å². The van der Waals surface area contributed by atoms with Gasteiger partial charge in [0.1, 0.15) is 23.1 Å². The first-order valence-corrected chi connectivity index (χ1v) is 7.60. The third kappa shape index (κ3) is 3.54. The van der Waals surface area contributed by atoms with Crippen LogP contribution in [-0.2, 0) is 0 Å². The molecule has 1 atom stereocenters. The number of ether oxygens (including phenoxy) is 2. The van der Waals surface area contributed by atoms with Gasteiger partial charge in [0.25, 0.3) is 0 Å². The molecule has 24 heavy (non-hydrogen) atoms. The summed E-state index contributed by atoms with van der Waals surface area (Å²) >= 11 is 0. The van der Waals surface area contributed by atoms with Crippen LogP contribution in [0.3, 0.4) is 0 Å². The van der Waals surface area contributed by atoms with E-state index in [4.69, 9.17) is 9.47 Å². The predicted molar refractivity (Wildman–Crippen MR) is 82.3 cm³/mol. The number of fused-ring (bicyclic) bond motifs is 2. The molecule has 0 spiro atoms. The maximum Gasteiger partial charge on any atom is 0.170 e. The standard InChI is InChI=1S/C9H9FO2.C9H7FO2/c2*10-6-1-2-9-7(5-6)8(11)3-4-12-9/h1-2,5,8,11H,3-4H2;1-2,5H,3-4H2. The zero-order valence-electron chi connectivity index (χ0n) is 12.8. The average Bonchev–Trinajstić information content (AvgIpc) is 2.57. The van der Waals surface area contributed by atoms with Gasteiger partial charge < -0.3 is 14.6 Å². The number of hydrogen-bond donors (Lipinski definition) is 1. The number of Topliss-reactive ketones (excluding diaryl/α,β-unsaturated/α-hetero) is 1. The second-order valence-electron chi connectivity index (χ2n) is 5.50. The number of halogens is 2. The summed E-state index contributed by atoms with van der Waals surface area (Å²) in [6.07, 6.45) is 0.303. The highest BCUT2D eigenvalue weighted by molar-refractivity contribution is 5.99. The van der Waals surface area contributed by atoms with Crippen molar-refractivity contribution in [2.45, 2.75) is 18.9 Å². The minimum absolute atomic E-state index is 0.0456. The van der Waals surface area contributed by atoms with Crippen molar-refractivity contribution >= 4 is 5.78 Å². The third-order valence-corrected chi connectivity index (χ3v) is 3.81. The highest BCUT2D eigenvalue weighted by Gasteiger charge is 2.19. The summed E-state index contributed by atoms with van der Waals surface area (Å²) in [6.45, 7) is 0.900. The minimum Gasteiger partial charge on any atom is -0.493 e. The third-order valence-electron chi connectivity index (χ3n) is 3.81. The number of aliphatic hydroxyl groups excluding tert-OH is 1. The SMILES string of the molecule is O=C1CCOc2ccc(F)cc21.OC1CCOc2ccc(F)cc21. The number of carbonyl (C=O) groups is 1. The van der Waals surface area contributed by atoms with E-state index in [1.54, 1.807) is 6.07 Å². The van der Waals surface area contributed by atoms with Crippen molar-refractivity contribution in [3.63, 3.8) is 0 Å². The van der Waals surface area contributed by atoms with Gasteiger partial charge in [0.05, 0.1) is 24.9 Å². The van der Waals surface area contributed by atoms with Gasteiger partial charge in [0.2, 0.25) is 0 Å². The summed E-state index contributed by atoms with van der Waals surface area (Å²) in [4.78, 5) is 11.2. The molecule has 2 aliphatic heterocycles. The van der Waals surface area contributed by atoms with E-state index in [1.807, 2.05) is 0 Å². The van der Waals surface area contributed by atoms with E-state index in [-0.39, 0.29) is 11.6 Å². The fourth-order valence-electron chi connectivity index (χ4n) is 2.58. The lowest BCUT2D eigenvalue weighted by molar-refractivity contribution is 0.0932. The Hall–Kier alpha value is -2.47. The van der Waals surface area contributed by atoms with E-state index >= 15 is 0 Å². The number of rotatable bonds is 0. The molecule has 0 amide bonds. The molecular formula is C18H16F2O4. The van der Waals surface area contributed by atoms with Crippen LogP contribution in [-0.4, -0.2) is 24.1 Å². The summed E-state index contributed by atoms with van der Waals surface area (Å²) in [5.41, 5.74) is 0.919. The molecule has 2 aromatic rings. The number of hydrogen-bond acceptors (Lipinski definition) is 4. The summed E-state index contributed by atoms with van der Waals surface area (Å²) in [5.74, 6) is 0.310. The molecule has 0 aliphatic carbocycles. The number of ketones is 1. The Balaban J connectivity index is 0.000000141. The Morgan fingerprint density at radius 2 is 1.62 bits per heavy atom. The first-order valence-electron chi connectivity index (χ1n) is 7.60. The number of carbonyl (C=O) groups excluding carboxylic acids is 1. The molecule has 4 nitrogen and oxygen atoms in total. The largest absolute Gasteiger partial charge is 0.493 e. The molecule has 0 radical (unpaired) electrons. The van der Waals surface area contributed by atoms with E-state index in [0.29, 0.717) is 48.7 Å². The smallest absolute Gasteiger partial charge is 0.170 e. The minimum atomic E-state index is -0.579. The van der Waals surface area contributed by atoms with Crippen molar-refractivity contribution < 1.29 is 28.2 Å². The fourth-order valence-corrected chi connectivity index (χ4v) is 2.58. The van der Waals surface area contributed by atoms with Gasteiger partial charge in [-0.2, -0.15) is 0 Å². The lowest BCUT2D eigenvalue weighted by Crippen LogP contribution is -2.15. The summed E-state index contributed by atoms with van der Waals surface area (Å²) in [5, 5.41) is 9.44. The number of benzene rings is 2. The van der Waals surface area contributed by atoms with E-state index < -0.39 is 11.9 Å². The van der Waals surface area contributed by atoms with Crippen molar-refractivity contribution in [2.24, 2.45) is 0 Å². The second-order valence-corrected chi connectivity index (χ2v) is 5.50. The van der Waals surface area contributed by atoms with Gasteiger partial charge in [0.15, 0.2) is 5.78 Å². The van der Waals surface area contributed by atoms with Crippen LogP contribution < -0.4 is 9.47 Å². The van der Waals surface area contributed by atoms with Crippen molar-refractivity contribution in [3.05, 3.63) is 59.2 Å². The Bertz CT molecular complexity index is 761. The molecule has 6 heteroatoms. The summed E-state index contributed by atoms with van der Waals surface area (Å²) in [7, 11) is 0. The van der Waals surface area contributed by atoms with Gasteiger partial charge in [-0.25, -0.2) is 8.78 Å². The van der Waals surface area contributed by atoms with Gasteiger partial charge in [-0.15, -0.1) is 0 Å². The molecule has 126 valence electrons. The van der Waals surface area contributed by atoms with E-state index in [9.17, 15) is 18.7 Å². The first-order chi connectivity index (χ1) is 11.5. The van der Waals surface area contributed by atoms with Gasteiger partial charge in [0, 0.05) is 18.4 Å². The van der Waals surface area contributed by atoms with Gasteiger partial charge in [-0.3, -0.25) is 4.79 Å². The molecule has 0 saturated heterocycles. The highest BCUT2D eigenvalue weighted by atomic mass is 19.1. The predicted octanol–water partition coefficient (Wildman–Crippen LogP) is 3.43. The molecule has 1 unspecified atom stereocenters. The molecular weight excluding hydrogens is 318 g/mol.